The predicted molar refractivity (Wildman–Crippen MR) is 219 cm³/mol. The van der Waals surface area contributed by atoms with Crippen molar-refractivity contribution in [2.24, 2.45) is 0 Å². The fraction of sp³-hybridized carbons (Fsp3) is 0. The third kappa shape index (κ3) is 5.75. The lowest BCUT2D eigenvalue weighted by atomic mass is 9.92. The molecule has 0 unspecified atom stereocenters. The van der Waals surface area contributed by atoms with Gasteiger partial charge in [-0.1, -0.05) is 146 Å². The molecule has 3 nitrogen and oxygen atoms in total. The largest absolute Gasteiger partial charge is 0.456 e. The Morgan fingerprint density at radius 3 is 1.66 bits per heavy atom. The van der Waals surface area contributed by atoms with Crippen LogP contribution in [0.1, 0.15) is 0 Å². The fourth-order valence-corrected chi connectivity index (χ4v) is 7.42. The van der Waals surface area contributed by atoms with E-state index in [4.69, 9.17) is 14.4 Å². The first kappa shape index (κ1) is 30.7. The van der Waals surface area contributed by atoms with Crippen LogP contribution in [0, 0.1) is 0 Å². The first-order valence-electron chi connectivity index (χ1n) is 17.9. The molecule has 10 aromatic rings. The van der Waals surface area contributed by atoms with Crippen LogP contribution >= 0.6 is 0 Å². The number of fused-ring (bicyclic) bond motifs is 4. The van der Waals surface area contributed by atoms with E-state index in [0.717, 1.165) is 77.7 Å². The summed E-state index contributed by atoms with van der Waals surface area (Å²) in [5.74, 6) is 0.690. The van der Waals surface area contributed by atoms with Crippen LogP contribution in [-0.4, -0.2) is 9.97 Å². The maximum atomic E-state index is 6.21. The fourth-order valence-electron chi connectivity index (χ4n) is 7.42. The lowest BCUT2D eigenvalue weighted by Crippen LogP contribution is -1.97. The van der Waals surface area contributed by atoms with E-state index < -0.39 is 0 Å². The Bertz CT molecular complexity index is 2940. The molecule has 0 aliphatic heterocycles. The van der Waals surface area contributed by atoms with Crippen LogP contribution in [0.3, 0.4) is 0 Å². The SMILES string of the molecule is c1ccc(-c2cccc(-c3cc(-c4ccc5oc6ccccc6c5c4)cc(-c4cc(-c5cccc6ccccc56)nc(-c5ccccc5)n4)c3)c2)cc1. The molecule has 0 aliphatic carbocycles. The molecule has 0 radical (unpaired) electrons. The minimum absolute atomic E-state index is 0.690. The molecule has 0 amide bonds. The zero-order chi connectivity index (χ0) is 35.1. The summed E-state index contributed by atoms with van der Waals surface area (Å²) < 4.78 is 6.21. The van der Waals surface area contributed by atoms with Gasteiger partial charge in [-0.3, -0.25) is 0 Å². The van der Waals surface area contributed by atoms with Crippen LogP contribution in [0.15, 0.2) is 199 Å². The summed E-state index contributed by atoms with van der Waals surface area (Å²) in [5.41, 5.74) is 13.4. The van der Waals surface area contributed by atoms with Crippen molar-refractivity contribution >= 4 is 32.7 Å². The van der Waals surface area contributed by atoms with Crippen LogP contribution in [0.5, 0.6) is 0 Å². The number of aromatic nitrogens is 2. The first-order chi connectivity index (χ1) is 26.2. The van der Waals surface area contributed by atoms with Gasteiger partial charge in [0, 0.05) is 27.5 Å². The van der Waals surface area contributed by atoms with Crippen LogP contribution in [0.2, 0.25) is 0 Å². The lowest BCUT2D eigenvalue weighted by molar-refractivity contribution is 0.669. The van der Waals surface area contributed by atoms with E-state index in [0.29, 0.717) is 5.82 Å². The highest BCUT2D eigenvalue weighted by molar-refractivity contribution is 6.06. The quantitative estimate of drug-likeness (QED) is 0.176. The van der Waals surface area contributed by atoms with E-state index in [1.54, 1.807) is 0 Å². The maximum absolute atomic E-state index is 6.21. The number of hydrogen-bond acceptors (Lipinski definition) is 3. The molecular weight excluding hydrogens is 645 g/mol. The molecule has 2 aromatic heterocycles. The minimum Gasteiger partial charge on any atom is -0.456 e. The Balaban J connectivity index is 1.21. The Morgan fingerprint density at radius 1 is 0.302 bits per heavy atom. The van der Waals surface area contributed by atoms with Gasteiger partial charge in [-0.15, -0.1) is 0 Å². The number of hydrogen-bond donors (Lipinski definition) is 0. The van der Waals surface area contributed by atoms with Crippen molar-refractivity contribution in [1.29, 1.82) is 0 Å². The molecule has 2 heterocycles. The highest BCUT2D eigenvalue weighted by Crippen LogP contribution is 2.39. The Labute approximate surface area is 307 Å². The van der Waals surface area contributed by atoms with Crippen molar-refractivity contribution in [1.82, 2.24) is 9.97 Å². The lowest BCUT2D eigenvalue weighted by Gasteiger charge is -2.14. The molecule has 0 saturated carbocycles. The summed E-state index contributed by atoms with van der Waals surface area (Å²) in [5, 5.41) is 4.55. The molecule has 8 aromatic carbocycles. The number of rotatable bonds is 6. The van der Waals surface area contributed by atoms with Crippen LogP contribution in [0.25, 0.3) is 100.0 Å². The number of nitrogens with zero attached hydrogens (tertiary/aromatic N) is 2. The van der Waals surface area contributed by atoms with Gasteiger partial charge < -0.3 is 4.42 Å². The van der Waals surface area contributed by atoms with E-state index in [1.807, 2.05) is 30.3 Å². The van der Waals surface area contributed by atoms with Gasteiger partial charge in [-0.2, -0.15) is 0 Å². The molecule has 0 N–H and O–H groups in total. The van der Waals surface area contributed by atoms with E-state index in [1.165, 1.54) is 16.5 Å². The van der Waals surface area contributed by atoms with E-state index >= 15 is 0 Å². The smallest absolute Gasteiger partial charge is 0.160 e. The Kier molecular flexibility index (Phi) is 7.47. The second-order valence-corrected chi connectivity index (χ2v) is 13.4. The molecule has 248 valence electrons. The molecule has 10 rings (SSSR count). The third-order valence-electron chi connectivity index (χ3n) is 10.1. The van der Waals surface area contributed by atoms with Gasteiger partial charge in [-0.05, 0) is 92.7 Å². The zero-order valence-corrected chi connectivity index (χ0v) is 28.8. The van der Waals surface area contributed by atoms with Crippen molar-refractivity contribution in [2.75, 3.05) is 0 Å². The number of benzene rings is 8. The molecule has 53 heavy (non-hydrogen) atoms. The number of para-hydroxylation sites is 1. The molecule has 0 spiro atoms. The highest BCUT2D eigenvalue weighted by atomic mass is 16.3. The van der Waals surface area contributed by atoms with Crippen LogP contribution in [-0.2, 0) is 0 Å². The second kappa shape index (κ2) is 12.9. The van der Waals surface area contributed by atoms with Crippen molar-refractivity contribution in [3.8, 4) is 67.3 Å². The van der Waals surface area contributed by atoms with Crippen molar-refractivity contribution in [3.63, 3.8) is 0 Å². The first-order valence-corrected chi connectivity index (χ1v) is 17.9. The Hall–Kier alpha value is -7.10. The molecular formula is C50H32N2O. The normalized spacial score (nSPS) is 11.4. The summed E-state index contributed by atoms with van der Waals surface area (Å²) >= 11 is 0. The number of furan rings is 1. The molecule has 0 fully saturated rings. The topological polar surface area (TPSA) is 38.9 Å². The molecule has 0 atom stereocenters. The van der Waals surface area contributed by atoms with Gasteiger partial charge in [0.25, 0.3) is 0 Å². The monoisotopic (exact) mass is 676 g/mol. The maximum Gasteiger partial charge on any atom is 0.160 e. The minimum atomic E-state index is 0.690. The van der Waals surface area contributed by atoms with E-state index in [-0.39, 0.29) is 0 Å². The van der Waals surface area contributed by atoms with Crippen LogP contribution < -0.4 is 0 Å². The van der Waals surface area contributed by atoms with Gasteiger partial charge in [0.2, 0.25) is 0 Å². The summed E-state index contributed by atoms with van der Waals surface area (Å²) in [6.45, 7) is 0. The standard InChI is InChI=1S/C50H32N2O/c1-3-13-33(14-4-1)36-19-11-20-37(27-36)39-28-40(38-25-26-49-45(31-38)44-22-9-10-24-48(44)53-49)30-41(29-39)46-32-47(52-50(51-46)35-16-5-2-6-17-35)43-23-12-18-34-15-7-8-21-42(34)43/h1-32H. The van der Waals surface area contributed by atoms with Gasteiger partial charge in [0.1, 0.15) is 11.2 Å². The van der Waals surface area contributed by atoms with Gasteiger partial charge >= 0.3 is 0 Å². The summed E-state index contributed by atoms with van der Waals surface area (Å²) in [4.78, 5) is 10.5. The van der Waals surface area contributed by atoms with Crippen LogP contribution in [0.4, 0.5) is 0 Å². The van der Waals surface area contributed by atoms with Crippen molar-refractivity contribution < 1.29 is 4.42 Å². The van der Waals surface area contributed by atoms with Gasteiger partial charge in [0.15, 0.2) is 5.82 Å². The second-order valence-electron chi connectivity index (χ2n) is 13.4. The molecule has 0 aliphatic rings. The van der Waals surface area contributed by atoms with Gasteiger partial charge in [0.05, 0.1) is 11.4 Å². The van der Waals surface area contributed by atoms with Crippen molar-refractivity contribution in [3.05, 3.63) is 194 Å². The predicted octanol–water partition coefficient (Wildman–Crippen LogP) is 13.5. The van der Waals surface area contributed by atoms with E-state index in [2.05, 4.69) is 164 Å². The molecule has 0 bridgehead atoms. The Morgan fingerprint density at radius 2 is 0.849 bits per heavy atom. The average molecular weight is 677 g/mol. The third-order valence-corrected chi connectivity index (χ3v) is 10.1. The van der Waals surface area contributed by atoms with Crippen molar-refractivity contribution in [2.45, 2.75) is 0 Å². The zero-order valence-electron chi connectivity index (χ0n) is 28.8. The highest BCUT2D eigenvalue weighted by Gasteiger charge is 2.16. The van der Waals surface area contributed by atoms with Gasteiger partial charge in [-0.25, -0.2) is 9.97 Å². The van der Waals surface area contributed by atoms with E-state index in [9.17, 15) is 0 Å². The molecule has 0 saturated heterocycles. The summed E-state index contributed by atoms with van der Waals surface area (Å²) in [6, 6.07) is 68.2. The summed E-state index contributed by atoms with van der Waals surface area (Å²) in [7, 11) is 0. The summed E-state index contributed by atoms with van der Waals surface area (Å²) in [6.07, 6.45) is 0. The average Bonchev–Trinajstić information content (AvgIpc) is 3.62. The molecule has 3 heteroatoms.